The molecule has 0 spiro atoms. The lowest BCUT2D eigenvalue weighted by molar-refractivity contribution is -0.757. The molecule has 1 heterocycles. The Morgan fingerprint density at radius 3 is 2.62 bits per heavy atom. The Bertz CT molecular complexity index is 359. The van der Waals surface area contributed by atoms with Crippen molar-refractivity contribution in [2.24, 2.45) is 5.92 Å². The number of quaternary nitrogens is 1. The van der Waals surface area contributed by atoms with Crippen LogP contribution in [0.15, 0.2) is 10.7 Å². The Morgan fingerprint density at radius 1 is 1.56 bits per heavy atom. The maximum absolute atomic E-state index is 12.0. The summed E-state index contributed by atoms with van der Waals surface area (Å²) in [6.45, 7) is 4.49. The standard InChI is InChI=1S/C10H15BrClN2O2/c1-4-7(2)6-14(3)9(15)8(11)5-13(12)10(14)16/h5,7H,4,6H2,1-3H3/q+1. The van der Waals surface area contributed by atoms with Crippen molar-refractivity contribution in [2.45, 2.75) is 20.3 Å². The molecule has 90 valence electrons. The molecule has 2 unspecified atom stereocenters. The molecule has 4 nitrogen and oxygen atoms in total. The van der Waals surface area contributed by atoms with Crippen LogP contribution >= 0.6 is 27.7 Å². The van der Waals surface area contributed by atoms with E-state index >= 15 is 0 Å². The fraction of sp³-hybridized carbons (Fsp3) is 0.600. The van der Waals surface area contributed by atoms with Crippen LogP contribution in [0.1, 0.15) is 20.3 Å². The number of amides is 3. The minimum Gasteiger partial charge on any atom is -0.224 e. The van der Waals surface area contributed by atoms with Crippen LogP contribution in [-0.2, 0) is 4.79 Å². The topological polar surface area (TPSA) is 37.4 Å². The van der Waals surface area contributed by atoms with Gasteiger partial charge in [0.25, 0.3) is 0 Å². The first-order valence-corrected chi connectivity index (χ1v) is 6.23. The fourth-order valence-corrected chi connectivity index (χ4v) is 2.64. The lowest BCUT2D eigenvalue weighted by Gasteiger charge is -2.34. The zero-order valence-corrected chi connectivity index (χ0v) is 11.9. The molecule has 1 aliphatic heterocycles. The Morgan fingerprint density at radius 2 is 2.12 bits per heavy atom. The maximum Gasteiger partial charge on any atom is 0.445 e. The molecule has 0 radical (unpaired) electrons. The van der Waals surface area contributed by atoms with E-state index in [-0.39, 0.29) is 16.3 Å². The van der Waals surface area contributed by atoms with Crippen molar-refractivity contribution in [3.8, 4) is 0 Å². The first-order chi connectivity index (χ1) is 7.32. The van der Waals surface area contributed by atoms with Crippen molar-refractivity contribution >= 4 is 39.6 Å². The van der Waals surface area contributed by atoms with Crippen molar-refractivity contribution < 1.29 is 14.1 Å². The van der Waals surface area contributed by atoms with Crippen LogP contribution < -0.4 is 0 Å². The van der Waals surface area contributed by atoms with Crippen LogP contribution in [0.5, 0.6) is 0 Å². The smallest absolute Gasteiger partial charge is 0.224 e. The Labute approximate surface area is 109 Å². The molecule has 0 aliphatic carbocycles. The second-order valence-electron chi connectivity index (χ2n) is 4.26. The van der Waals surface area contributed by atoms with E-state index < -0.39 is 6.03 Å². The second kappa shape index (κ2) is 4.85. The number of carbonyl (C=O) groups excluding carboxylic acids is 2. The minimum atomic E-state index is -0.407. The Balaban J connectivity index is 3.05. The van der Waals surface area contributed by atoms with Gasteiger partial charge >= 0.3 is 11.9 Å². The molecular formula is C10H15BrClN2O2+. The molecule has 0 bridgehead atoms. The molecule has 16 heavy (non-hydrogen) atoms. The normalized spacial score (nSPS) is 28.1. The summed E-state index contributed by atoms with van der Waals surface area (Å²) in [7, 11) is 1.60. The highest BCUT2D eigenvalue weighted by molar-refractivity contribution is 9.12. The van der Waals surface area contributed by atoms with E-state index in [2.05, 4.69) is 15.9 Å². The third-order valence-electron chi connectivity index (χ3n) is 2.86. The molecule has 3 amide bonds. The van der Waals surface area contributed by atoms with E-state index in [4.69, 9.17) is 11.8 Å². The number of carbonyl (C=O) groups is 2. The molecule has 0 fully saturated rings. The van der Waals surface area contributed by atoms with Crippen LogP contribution in [0.2, 0.25) is 0 Å². The highest BCUT2D eigenvalue weighted by atomic mass is 79.9. The fourth-order valence-electron chi connectivity index (χ4n) is 1.66. The number of likely N-dealkylation sites (N-methyl/N-ethyl adjacent to an activating group) is 1. The first-order valence-electron chi connectivity index (χ1n) is 5.10. The SMILES string of the molecule is CCC(C)C[N+]1(C)C(=O)C(Br)=CN(Cl)C1=O. The molecule has 6 heteroatoms. The third-order valence-corrected chi connectivity index (χ3v) is 3.64. The molecule has 0 saturated heterocycles. The van der Waals surface area contributed by atoms with E-state index in [1.165, 1.54) is 6.20 Å². The molecule has 0 saturated carbocycles. The summed E-state index contributed by atoms with van der Waals surface area (Å²) in [5.41, 5.74) is 0. The van der Waals surface area contributed by atoms with Gasteiger partial charge in [0.15, 0.2) is 0 Å². The summed E-state index contributed by atoms with van der Waals surface area (Å²) in [4.78, 5) is 23.9. The quantitative estimate of drug-likeness (QED) is 0.594. The van der Waals surface area contributed by atoms with Gasteiger partial charge in [0.2, 0.25) is 0 Å². The number of rotatable bonds is 3. The molecule has 1 aliphatic rings. The zero-order chi connectivity index (χ0) is 12.5. The van der Waals surface area contributed by atoms with Crippen LogP contribution in [-0.4, -0.2) is 34.4 Å². The summed E-state index contributed by atoms with van der Waals surface area (Å²) < 4.78 is 0.955. The van der Waals surface area contributed by atoms with Crippen LogP contribution in [0, 0.1) is 5.92 Å². The highest BCUT2D eigenvalue weighted by Gasteiger charge is 2.48. The van der Waals surface area contributed by atoms with Gasteiger partial charge in [0, 0.05) is 17.7 Å². The van der Waals surface area contributed by atoms with Gasteiger partial charge in [0.1, 0.15) is 4.48 Å². The van der Waals surface area contributed by atoms with Gasteiger partial charge in [-0.3, -0.25) is 0 Å². The van der Waals surface area contributed by atoms with E-state index in [0.717, 1.165) is 10.8 Å². The van der Waals surface area contributed by atoms with Gasteiger partial charge < -0.3 is 0 Å². The van der Waals surface area contributed by atoms with Gasteiger partial charge in [-0.05, 0) is 22.4 Å². The summed E-state index contributed by atoms with van der Waals surface area (Å²) in [6, 6.07) is -0.407. The average Bonchev–Trinajstić information content (AvgIpc) is 2.24. The number of halogens is 2. The van der Waals surface area contributed by atoms with Crippen molar-refractivity contribution in [3.05, 3.63) is 10.7 Å². The number of urea groups is 1. The molecule has 1 rings (SSSR count). The largest absolute Gasteiger partial charge is 0.445 e. The maximum atomic E-state index is 12.0. The van der Waals surface area contributed by atoms with Crippen LogP contribution in [0.4, 0.5) is 4.79 Å². The van der Waals surface area contributed by atoms with Gasteiger partial charge in [-0.25, -0.2) is 9.59 Å². The predicted molar refractivity (Wildman–Crippen MR) is 65.6 cm³/mol. The van der Waals surface area contributed by atoms with E-state index in [9.17, 15) is 9.59 Å². The highest BCUT2D eigenvalue weighted by Crippen LogP contribution is 2.27. The number of hydrogen-bond donors (Lipinski definition) is 0. The minimum absolute atomic E-state index is 0.248. The van der Waals surface area contributed by atoms with Crippen molar-refractivity contribution in [3.63, 3.8) is 0 Å². The van der Waals surface area contributed by atoms with Crippen molar-refractivity contribution in [2.75, 3.05) is 13.6 Å². The van der Waals surface area contributed by atoms with Gasteiger partial charge in [0.05, 0.1) is 19.8 Å². The number of nitrogens with zero attached hydrogens (tertiary/aromatic N) is 2. The van der Waals surface area contributed by atoms with Crippen LogP contribution in [0.3, 0.4) is 0 Å². The lowest BCUT2D eigenvalue weighted by atomic mass is 10.1. The monoisotopic (exact) mass is 309 g/mol. The van der Waals surface area contributed by atoms with Gasteiger partial charge in [-0.1, -0.05) is 13.8 Å². The Hall–Kier alpha value is -0.390. The number of imide groups is 1. The van der Waals surface area contributed by atoms with E-state index in [1.54, 1.807) is 7.05 Å². The number of hydrogen-bond acceptors (Lipinski definition) is 2. The molecule has 0 N–H and O–H groups in total. The van der Waals surface area contributed by atoms with Crippen LogP contribution in [0.25, 0.3) is 0 Å². The molecular weight excluding hydrogens is 295 g/mol. The van der Waals surface area contributed by atoms with E-state index in [0.29, 0.717) is 11.0 Å². The Kier molecular flexibility index (Phi) is 4.15. The lowest BCUT2D eigenvalue weighted by Crippen LogP contribution is -2.60. The van der Waals surface area contributed by atoms with Gasteiger partial charge in [-0.2, -0.15) is 8.90 Å². The summed E-state index contributed by atoms with van der Waals surface area (Å²) >= 11 is 8.87. The summed E-state index contributed by atoms with van der Waals surface area (Å²) in [5.74, 6) is 0.0311. The van der Waals surface area contributed by atoms with Gasteiger partial charge in [-0.15, -0.1) is 0 Å². The first kappa shape index (κ1) is 13.7. The molecule has 0 aromatic carbocycles. The molecule has 0 aromatic rings. The second-order valence-corrected chi connectivity index (χ2v) is 5.48. The average molecular weight is 311 g/mol. The molecule has 2 atom stereocenters. The van der Waals surface area contributed by atoms with E-state index in [1.807, 2.05) is 13.8 Å². The van der Waals surface area contributed by atoms with Crippen molar-refractivity contribution in [1.29, 1.82) is 0 Å². The third kappa shape index (κ3) is 2.31. The summed E-state index contributed by atoms with van der Waals surface area (Å²) in [6.07, 6.45) is 2.21. The predicted octanol–water partition coefficient (Wildman–Crippen LogP) is 2.83. The van der Waals surface area contributed by atoms with Crippen molar-refractivity contribution in [1.82, 2.24) is 4.42 Å². The zero-order valence-electron chi connectivity index (χ0n) is 9.54. The molecule has 0 aromatic heterocycles. The summed E-state index contributed by atoms with van der Waals surface area (Å²) in [5, 5.41) is 0.